The van der Waals surface area contributed by atoms with Gasteiger partial charge in [0.05, 0.1) is 11.2 Å². The van der Waals surface area contributed by atoms with Crippen molar-refractivity contribution >= 4 is 29.5 Å². The molecule has 0 unspecified atom stereocenters. The molecular formula is C23H19N3O7. The number of non-ortho nitro benzene ring substituents is 1. The van der Waals surface area contributed by atoms with Crippen LogP contribution in [-0.4, -0.2) is 29.3 Å². The normalized spacial score (nSPS) is 10.8. The van der Waals surface area contributed by atoms with E-state index >= 15 is 0 Å². The third kappa shape index (κ3) is 6.89. The highest BCUT2D eigenvalue weighted by atomic mass is 16.6. The molecule has 3 rings (SSSR count). The molecule has 2 amide bonds. The van der Waals surface area contributed by atoms with Crippen molar-refractivity contribution in [3.63, 3.8) is 0 Å². The molecule has 0 saturated carbocycles. The number of ether oxygens (including phenoxy) is 1. The zero-order chi connectivity index (χ0) is 23.6. The molecule has 1 heterocycles. The summed E-state index contributed by atoms with van der Waals surface area (Å²) in [5, 5.41) is 15.8. The predicted molar refractivity (Wildman–Crippen MR) is 116 cm³/mol. The average molecular weight is 449 g/mol. The fourth-order valence-corrected chi connectivity index (χ4v) is 2.68. The number of hydrogen-bond donors (Lipinski definition) is 2. The zero-order valence-corrected chi connectivity index (χ0v) is 17.2. The van der Waals surface area contributed by atoms with Gasteiger partial charge in [0.2, 0.25) is 0 Å². The van der Waals surface area contributed by atoms with Crippen LogP contribution in [0.5, 0.6) is 0 Å². The molecule has 168 valence electrons. The molecule has 10 nitrogen and oxygen atoms in total. The Kier molecular flexibility index (Phi) is 7.68. The Morgan fingerprint density at radius 2 is 1.82 bits per heavy atom. The van der Waals surface area contributed by atoms with E-state index in [2.05, 4.69) is 10.6 Å². The molecule has 0 bridgehead atoms. The second-order valence-corrected chi connectivity index (χ2v) is 6.67. The molecule has 0 saturated heterocycles. The molecule has 0 fully saturated rings. The molecular weight excluding hydrogens is 430 g/mol. The van der Waals surface area contributed by atoms with Crippen LogP contribution < -0.4 is 10.6 Å². The number of furan rings is 1. The minimum atomic E-state index is -0.793. The van der Waals surface area contributed by atoms with Crippen molar-refractivity contribution in [2.24, 2.45) is 0 Å². The Balaban J connectivity index is 1.70. The maximum absolute atomic E-state index is 12.7. The lowest BCUT2D eigenvalue weighted by Gasteiger charge is -2.10. The summed E-state index contributed by atoms with van der Waals surface area (Å²) in [4.78, 5) is 47.5. The number of nitrogens with one attached hydrogen (secondary N) is 2. The van der Waals surface area contributed by atoms with Crippen LogP contribution in [0.3, 0.4) is 0 Å². The van der Waals surface area contributed by atoms with E-state index in [9.17, 15) is 24.5 Å². The van der Waals surface area contributed by atoms with Gasteiger partial charge in [-0.3, -0.25) is 24.5 Å². The molecule has 0 spiro atoms. The first-order valence-electron chi connectivity index (χ1n) is 9.71. The number of esters is 1. The minimum Gasteiger partial charge on any atom is -0.460 e. The first-order chi connectivity index (χ1) is 15.9. The summed E-state index contributed by atoms with van der Waals surface area (Å²) in [5.41, 5.74) is 0.646. The van der Waals surface area contributed by atoms with Gasteiger partial charge in [0.1, 0.15) is 18.8 Å². The summed E-state index contributed by atoms with van der Waals surface area (Å²) in [7, 11) is 0. The quantitative estimate of drug-likeness (QED) is 0.221. The molecule has 33 heavy (non-hydrogen) atoms. The number of carbonyl (C=O) groups excluding carboxylic acids is 3. The number of carbonyl (C=O) groups is 3. The van der Waals surface area contributed by atoms with Crippen LogP contribution >= 0.6 is 0 Å². The standard InChI is InChI=1S/C23H19N3O7/c27-21(33-15-16-6-2-1-3-7-16)14-24-22(28)19(25-23(29)20-10-5-11-32-20)13-17-8-4-9-18(12-17)26(30)31/h1-13H,14-15H2,(H,24,28)(H,25,29)/b19-13-. The first kappa shape index (κ1) is 22.9. The van der Waals surface area contributed by atoms with Crippen molar-refractivity contribution in [1.29, 1.82) is 0 Å². The number of nitro benzene ring substituents is 1. The smallest absolute Gasteiger partial charge is 0.325 e. The molecule has 0 atom stereocenters. The van der Waals surface area contributed by atoms with Gasteiger partial charge in [-0.05, 0) is 29.3 Å². The molecule has 0 aliphatic carbocycles. The Bertz CT molecular complexity index is 1170. The van der Waals surface area contributed by atoms with E-state index in [1.54, 1.807) is 24.3 Å². The largest absolute Gasteiger partial charge is 0.460 e. The summed E-state index contributed by atoms with van der Waals surface area (Å²) in [6, 6.07) is 17.4. The molecule has 3 aromatic rings. The number of benzene rings is 2. The van der Waals surface area contributed by atoms with Gasteiger partial charge in [-0.25, -0.2) is 0 Å². The number of hydrogen-bond acceptors (Lipinski definition) is 7. The predicted octanol–water partition coefficient (Wildman–Crippen LogP) is 2.82. The number of nitro groups is 1. The van der Waals surface area contributed by atoms with Crippen molar-refractivity contribution in [2.75, 3.05) is 6.54 Å². The van der Waals surface area contributed by atoms with Gasteiger partial charge in [0, 0.05) is 12.1 Å². The van der Waals surface area contributed by atoms with E-state index in [1.165, 1.54) is 48.7 Å². The molecule has 10 heteroatoms. The summed E-state index contributed by atoms with van der Waals surface area (Å²) in [6.45, 7) is -0.407. The monoisotopic (exact) mass is 449 g/mol. The molecule has 0 aliphatic rings. The Hall–Kier alpha value is -4.73. The lowest BCUT2D eigenvalue weighted by molar-refractivity contribution is -0.384. The van der Waals surface area contributed by atoms with Gasteiger partial charge in [-0.15, -0.1) is 0 Å². The minimum absolute atomic E-state index is 0.0428. The summed E-state index contributed by atoms with van der Waals surface area (Å²) in [5.74, 6) is -2.23. The maximum Gasteiger partial charge on any atom is 0.325 e. The summed E-state index contributed by atoms with van der Waals surface area (Å²) < 4.78 is 10.1. The van der Waals surface area contributed by atoms with Crippen LogP contribution in [0.4, 0.5) is 5.69 Å². The summed E-state index contributed by atoms with van der Waals surface area (Å²) >= 11 is 0. The third-order valence-electron chi connectivity index (χ3n) is 4.27. The lowest BCUT2D eigenvalue weighted by Crippen LogP contribution is -2.37. The summed E-state index contributed by atoms with van der Waals surface area (Å²) in [6.07, 6.45) is 2.54. The Morgan fingerprint density at radius 3 is 2.52 bits per heavy atom. The molecule has 2 aromatic carbocycles. The number of nitrogens with zero attached hydrogens (tertiary/aromatic N) is 1. The fourth-order valence-electron chi connectivity index (χ4n) is 2.68. The van der Waals surface area contributed by atoms with Crippen LogP contribution in [0.2, 0.25) is 0 Å². The van der Waals surface area contributed by atoms with Gasteiger partial charge in [-0.2, -0.15) is 0 Å². The Morgan fingerprint density at radius 1 is 1.03 bits per heavy atom. The highest BCUT2D eigenvalue weighted by molar-refractivity contribution is 6.05. The second kappa shape index (κ2) is 11.0. The molecule has 0 aliphatic heterocycles. The van der Waals surface area contributed by atoms with Crippen molar-refractivity contribution < 1.29 is 28.5 Å². The van der Waals surface area contributed by atoms with Crippen LogP contribution in [0.15, 0.2) is 83.1 Å². The molecule has 1 aromatic heterocycles. The highest BCUT2D eigenvalue weighted by Gasteiger charge is 2.18. The SMILES string of the molecule is O=C(CNC(=O)/C(=C/c1cccc([N+](=O)[O-])c1)NC(=O)c1ccco1)OCc1ccccc1. The van der Waals surface area contributed by atoms with E-state index in [0.717, 1.165) is 5.56 Å². The van der Waals surface area contributed by atoms with Crippen LogP contribution in [0, 0.1) is 10.1 Å². The van der Waals surface area contributed by atoms with Gasteiger partial charge in [0.15, 0.2) is 5.76 Å². The van der Waals surface area contributed by atoms with E-state index in [1.807, 2.05) is 6.07 Å². The van der Waals surface area contributed by atoms with E-state index in [-0.39, 0.29) is 23.8 Å². The zero-order valence-electron chi connectivity index (χ0n) is 17.2. The molecule has 0 radical (unpaired) electrons. The van der Waals surface area contributed by atoms with Gasteiger partial charge in [-0.1, -0.05) is 42.5 Å². The van der Waals surface area contributed by atoms with E-state index < -0.39 is 29.3 Å². The van der Waals surface area contributed by atoms with Crippen LogP contribution in [0.25, 0.3) is 6.08 Å². The second-order valence-electron chi connectivity index (χ2n) is 6.67. The van der Waals surface area contributed by atoms with Gasteiger partial charge < -0.3 is 19.8 Å². The van der Waals surface area contributed by atoms with Crippen molar-refractivity contribution in [3.8, 4) is 0 Å². The van der Waals surface area contributed by atoms with Crippen molar-refractivity contribution in [2.45, 2.75) is 6.61 Å². The fraction of sp³-hybridized carbons (Fsp3) is 0.0870. The average Bonchev–Trinajstić information content (AvgIpc) is 3.37. The Labute approximate surface area is 188 Å². The number of rotatable bonds is 9. The van der Waals surface area contributed by atoms with Crippen molar-refractivity contribution in [3.05, 3.63) is 106 Å². The third-order valence-corrected chi connectivity index (χ3v) is 4.27. The first-order valence-corrected chi connectivity index (χ1v) is 9.71. The van der Waals surface area contributed by atoms with Crippen molar-refractivity contribution in [1.82, 2.24) is 10.6 Å². The maximum atomic E-state index is 12.7. The number of amides is 2. The molecule has 2 N–H and O–H groups in total. The highest BCUT2D eigenvalue weighted by Crippen LogP contribution is 2.15. The topological polar surface area (TPSA) is 141 Å². The van der Waals surface area contributed by atoms with Gasteiger partial charge >= 0.3 is 5.97 Å². The lowest BCUT2D eigenvalue weighted by atomic mass is 10.1. The van der Waals surface area contributed by atoms with Crippen LogP contribution in [-0.2, 0) is 20.9 Å². The van der Waals surface area contributed by atoms with E-state index in [0.29, 0.717) is 5.56 Å². The van der Waals surface area contributed by atoms with E-state index in [4.69, 9.17) is 9.15 Å². The van der Waals surface area contributed by atoms with Gasteiger partial charge in [0.25, 0.3) is 17.5 Å². The van der Waals surface area contributed by atoms with Crippen LogP contribution in [0.1, 0.15) is 21.7 Å².